The molecule has 0 unspecified atom stereocenters. The lowest BCUT2D eigenvalue weighted by molar-refractivity contribution is 0.414. The lowest BCUT2D eigenvalue weighted by atomic mass is 10.1. The first-order valence-corrected chi connectivity index (χ1v) is 4.49. The van der Waals surface area contributed by atoms with E-state index in [1.807, 2.05) is 13.0 Å². The lowest BCUT2D eigenvalue weighted by Gasteiger charge is -2.07. The molecule has 0 radical (unpaired) electrons. The Kier molecular flexibility index (Phi) is 3.24. The highest BCUT2D eigenvalue weighted by atomic mass is 35.5. The molecule has 0 aliphatic carbocycles. The fourth-order valence-electron chi connectivity index (χ4n) is 1.03. The topological polar surface area (TPSA) is 9.23 Å². The maximum atomic E-state index is 5.95. The first-order chi connectivity index (χ1) is 5.69. The smallest absolute Gasteiger partial charge is 0.120 e. The molecule has 0 N–H and O–H groups in total. The van der Waals surface area contributed by atoms with E-state index in [2.05, 4.69) is 0 Å². The Labute approximate surface area is 82.2 Å². The van der Waals surface area contributed by atoms with Gasteiger partial charge in [0.2, 0.25) is 0 Å². The highest BCUT2D eigenvalue weighted by molar-refractivity contribution is 6.32. The first kappa shape index (κ1) is 9.69. The predicted octanol–water partition coefficient (Wildman–Crippen LogP) is 3.40. The van der Waals surface area contributed by atoms with Crippen LogP contribution in [0.1, 0.15) is 11.1 Å². The number of methoxy groups -OCH3 is 1. The number of alkyl halides is 1. The van der Waals surface area contributed by atoms with Crippen LogP contribution in [-0.2, 0) is 5.88 Å². The molecule has 1 aromatic carbocycles. The molecule has 0 spiro atoms. The fraction of sp³-hybridized carbons (Fsp3) is 0.333. The van der Waals surface area contributed by atoms with Crippen LogP contribution in [0.25, 0.3) is 0 Å². The van der Waals surface area contributed by atoms with Gasteiger partial charge in [-0.1, -0.05) is 11.6 Å². The average Bonchev–Trinajstić information content (AvgIpc) is 2.03. The van der Waals surface area contributed by atoms with E-state index in [9.17, 15) is 0 Å². The van der Waals surface area contributed by atoms with Crippen molar-refractivity contribution in [3.8, 4) is 5.75 Å². The monoisotopic (exact) mass is 204 g/mol. The van der Waals surface area contributed by atoms with Crippen LogP contribution in [-0.4, -0.2) is 7.11 Å². The van der Waals surface area contributed by atoms with Crippen molar-refractivity contribution in [2.24, 2.45) is 0 Å². The van der Waals surface area contributed by atoms with E-state index in [1.54, 1.807) is 13.2 Å². The summed E-state index contributed by atoms with van der Waals surface area (Å²) in [5, 5.41) is 0.668. The van der Waals surface area contributed by atoms with Gasteiger partial charge in [0.1, 0.15) is 5.75 Å². The van der Waals surface area contributed by atoms with Crippen LogP contribution in [0.5, 0.6) is 5.75 Å². The molecule has 0 aliphatic heterocycles. The van der Waals surface area contributed by atoms with Crippen LogP contribution >= 0.6 is 23.2 Å². The number of hydrogen-bond acceptors (Lipinski definition) is 1. The summed E-state index contributed by atoms with van der Waals surface area (Å²) in [6.45, 7) is 1.96. The van der Waals surface area contributed by atoms with E-state index >= 15 is 0 Å². The second kappa shape index (κ2) is 4.01. The summed E-state index contributed by atoms with van der Waals surface area (Å²) in [5.41, 5.74) is 2.04. The summed E-state index contributed by atoms with van der Waals surface area (Å²) in [4.78, 5) is 0. The van der Waals surface area contributed by atoms with Gasteiger partial charge in [-0.25, -0.2) is 0 Å². The summed E-state index contributed by atoms with van der Waals surface area (Å²) < 4.78 is 5.05. The van der Waals surface area contributed by atoms with Gasteiger partial charge in [-0.2, -0.15) is 0 Å². The summed E-state index contributed by atoms with van der Waals surface area (Å²) in [6, 6.07) is 3.69. The third-order valence-corrected chi connectivity index (χ3v) is 2.37. The molecular formula is C9H10Cl2O. The number of hydrogen-bond donors (Lipinski definition) is 0. The van der Waals surface area contributed by atoms with E-state index in [0.717, 1.165) is 16.9 Å². The summed E-state index contributed by atoms with van der Waals surface area (Å²) in [6.07, 6.45) is 0. The number of halogens is 2. The quantitative estimate of drug-likeness (QED) is 0.672. The molecule has 12 heavy (non-hydrogen) atoms. The van der Waals surface area contributed by atoms with Gasteiger partial charge in [0.25, 0.3) is 0 Å². The molecular weight excluding hydrogens is 195 g/mol. The van der Waals surface area contributed by atoms with E-state index in [0.29, 0.717) is 10.9 Å². The highest BCUT2D eigenvalue weighted by Crippen LogP contribution is 2.27. The third-order valence-electron chi connectivity index (χ3n) is 1.76. The standard InChI is InChI=1S/C9H10Cl2O/c1-6-3-7(12-2)4-9(11)8(6)5-10/h3-4H,5H2,1-2H3. The van der Waals surface area contributed by atoms with Gasteiger partial charge >= 0.3 is 0 Å². The minimum Gasteiger partial charge on any atom is -0.497 e. The van der Waals surface area contributed by atoms with Gasteiger partial charge in [-0.3, -0.25) is 0 Å². The zero-order valence-electron chi connectivity index (χ0n) is 7.03. The van der Waals surface area contributed by atoms with Crippen LogP contribution in [0.15, 0.2) is 12.1 Å². The minimum atomic E-state index is 0.439. The van der Waals surface area contributed by atoms with Gasteiger partial charge in [0.15, 0.2) is 0 Å². The van der Waals surface area contributed by atoms with Crippen molar-refractivity contribution in [1.29, 1.82) is 0 Å². The minimum absolute atomic E-state index is 0.439. The second-order valence-corrected chi connectivity index (χ2v) is 3.21. The number of benzene rings is 1. The molecule has 0 heterocycles. The largest absolute Gasteiger partial charge is 0.497 e. The molecule has 1 nitrogen and oxygen atoms in total. The molecule has 0 fully saturated rings. The van der Waals surface area contributed by atoms with Gasteiger partial charge < -0.3 is 4.74 Å². The van der Waals surface area contributed by atoms with Crippen molar-refractivity contribution in [2.75, 3.05) is 7.11 Å². The normalized spacial score (nSPS) is 10.0. The molecule has 3 heteroatoms. The number of aryl methyl sites for hydroxylation is 1. The summed E-state index contributed by atoms with van der Waals surface area (Å²) in [5.74, 6) is 1.21. The second-order valence-electron chi connectivity index (χ2n) is 2.54. The lowest BCUT2D eigenvalue weighted by Crippen LogP contribution is -1.90. The van der Waals surface area contributed by atoms with Crippen molar-refractivity contribution >= 4 is 23.2 Å². The molecule has 66 valence electrons. The third kappa shape index (κ3) is 1.85. The van der Waals surface area contributed by atoms with Crippen molar-refractivity contribution in [2.45, 2.75) is 12.8 Å². The number of ether oxygens (including phenoxy) is 1. The predicted molar refractivity (Wildman–Crippen MR) is 52.3 cm³/mol. The maximum absolute atomic E-state index is 5.95. The molecule has 0 saturated heterocycles. The van der Waals surface area contributed by atoms with E-state index in [-0.39, 0.29) is 0 Å². The molecule has 0 amide bonds. The maximum Gasteiger partial charge on any atom is 0.120 e. The van der Waals surface area contributed by atoms with E-state index in [4.69, 9.17) is 27.9 Å². The van der Waals surface area contributed by atoms with E-state index in [1.165, 1.54) is 0 Å². The summed E-state index contributed by atoms with van der Waals surface area (Å²) in [7, 11) is 1.62. The van der Waals surface area contributed by atoms with Crippen LogP contribution in [0.2, 0.25) is 5.02 Å². The van der Waals surface area contributed by atoms with Gasteiger partial charge in [0, 0.05) is 10.9 Å². The zero-order valence-corrected chi connectivity index (χ0v) is 8.54. The Morgan fingerprint density at radius 3 is 2.50 bits per heavy atom. The van der Waals surface area contributed by atoms with Gasteiger partial charge in [0.05, 0.1) is 7.11 Å². The Morgan fingerprint density at radius 1 is 1.42 bits per heavy atom. The van der Waals surface area contributed by atoms with E-state index < -0.39 is 0 Å². The van der Waals surface area contributed by atoms with Crippen LogP contribution in [0, 0.1) is 6.92 Å². The van der Waals surface area contributed by atoms with Crippen LogP contribution < -0.4 is 4.74 Å². The average molecular weight is 205 g/mol. The molecule has 0 saturated carbocycles. The van der Waals surface area contributed by atoms with Gasteiger partial charge in [-0.05, 0) is 30.2 Å². The van der Waals surface area contributed by atoms with Crippen molar-refractivity contribution in [1.82, 2.24) is 0 Å². The number of rotatable bonds is 2. The Hall–Kier alpha value is -0.400. The van der Waals surface area contributed by atoms with Crippen molar-refractivity contribution in [3.63, 3.8) is 0 Å². The Morgan fingerprint density at radius 2 is 2.08 bits per heavy atom. The Balaban J connectivity index is 3.18. The zero-order chi connectivity index (χ0) is 9.14. The van der Waals surface area contributed by atoms with Crippen molar-refractivity contribution < 1.29 is 4.74 Å². The molecule has 0 aromatic heterocycles. The molecule has 1 rings (SSSR count). The highest BCUT2D eigenvalue weighted by Gasteiger charge is 2.05. The molecule has 0 aliphatic rings. The van der Waals surface area contributed by atoms with Crippen LogP contribution in [0.3, 0.4) is 0 Å². The molecule has 0 bridgehead atoms. The summed E-state index contributed by atoms with van der Waals surface area (Å²) >= 11 is 11.7. The fourth-order valence-corrected chi connectivity index (χ4v) is 1.78. The Bertz CT molecular complexity index is 261. The van der Waals surface area contributed by atoms with Crippen LogP contribution in [0.4, 0.5) is 0 Å². The SMILES string of the molecule is COc1cc(C)c(CCl)c(Cl)c1. The van der Waals surface area contributed by atoms with Gasteiger partial charge in [-0.15, -0.1) is 11.6 Å². The molecule has 0 atom stereocenters. The van der Waals surface area contributed by atoms with Crippen molar-refractivity contribution in [3.05, 3.63) is 28.3 Å². The first-order valence-electron chi connectivity index (χ1n) is 3.58. The molecule has 1 aromatic rings.